The Morgan fingerprint density at radius 2 is 1.48 bits per heavy atom. The molecule has 0 unspecified atom stereocenters. The summed E-state index contributed by atoms with van der Waals surface area (Å²) in [5.41, 5.74) is 16.3. The summed E-state index contributed by atoms with van der Waals surface area (Å²) in [5.74, 6) is -4.46. The number of nitrogens with one attached hydrogen (secondary N) is 2. The first-order valence-electron chi connectivity index (χ1n) is 8.79. The van der Waals surface area contributed by atoms with Gasteiger partial charge in [-0.3, -0.25) is 19.2 Å². The molecule has 0 fully saturated rings. The lowest BCUT2D eigenvalue weighted by atomic mass is 10.0. The van der Waals surface area contributed by atoms with E-state index in [1.165, 1.54) is 0 Å². The highest BCUT2D eigenvalue weighted by Gasteiger charge is 2.28. The van der Waals surface area contributed by atoms with Crippen molar-refractivity contribution < 1.29 is 29.1 Å². The first-order valence-corrected chi connectivity index (χ1v) is 8.79. The quantitative estimate of drug-likeness (QED) is 0.224. The Morgan fingerprint density at radius 3 is 2.00 bits per heavy atom. The van der Waals surface area contributed by atoms with Gasteiger partial charge in [0, 0.05) is 12.8 Å². The fourth-order valence-electron chi connectivity index (χ4n) is 2.47. The molecule has 1 aromatic rings. The number of carboxylic acids is 1. The van der Waals surface area contributed by atoms with E-state index in [1.54, 1.807) is 30.3 Å². The third-order valence-corrected chi connectivity index (χ3v) is 3.97. The SMILES string of the molecule is NC(=O)CC[C@H](NC(=O)[C@@H](N)CC(N)=O)C(=O)N[C@@H](Cc1ccccc1)C(=O)O. The highest BCUT2D eigenvalue weighted by atomic mass is 16.4. The number of hydrogen-bond donors (Lipinski definition) is 6. The number of carboxylic acid groups (broad SMARTS) is 1. The number of nitrogens with two attached hydrogens (primary N) is 3. The first kappa shape index (κ1) is 23.6. The van der Waals surface area contributed by atoms with Crippen molar-refractivity contribution in [3.05, 3.63) is 35.9 Å². The van der Waals surface area contributed by atoms with E-state index in [0.29, 0.717) is 5.56 Å². The van der Waals surface area contributed by atoms with E-state index in [4.69, 9.17) is 17.2 Å². The second-order valence-electron chi connectivity index (χ2n) is 6.43. The molecule has 9 N–H and O–H groups in total. The molecule has 1 aromatic carbocycles. The molecule has 4 amide bonds. The fraction of sp³-hybridized carbons (Fsp3) is 0.389. The van der Waals surface area contributed by atoms with Crippen LogP contribution in [0.2, 0.25) is 0 Å². The predicted octanol–water partition coefficient (Wildman–Crippen LogP) is -2.25. The van der Waals surface area contributed by atoms with Crippen molar-refractivity contribution >= 4 is 29.6 Å². The number of benzene rings is 1. The molecule has 158 valence electrons. The zero-order valence-corrected chi connectivity index (χ0v) is 15.7. The van der Waals surface area contributed by atoms with Gasteiger partial charge in [-0.25, -0.2) is 4.79 Å². The van der Waals surface area contributed by atoms with Crippen LogP contribution in [0.5, 0.6) is 0 Å². The minimum Gasteiger partial charge on any atom is -0.480 e. The van der Waals surface area contributed by atoms with Crippen LogP contribution in [0, 0.1) is 0 Å². The molecule has 11 heteroatoms. The summed E-state index contributed by atoms with van der Waals surface area (Å²) in [7, 11) is 0. The van der Waals surface area contributed by atoms with Crippen LogP contribution in [0.1, 0.15) is 24.8 Å². The van der Waals surface area contributed by atoms with Crippen molar-refractivity contribution in [1.29, 1.82) is 0 Å². The van der Waals surface area contributed by atoms with Crippen molar-refractivity contribution in [2.45, 2.75) is 43.8 Å². The minimum atomic E-state index is -1.30. The Hall–Kier alpha value is -3.47. The molecule has 0 aromatic heterocycles. The van der Waals surface area contributed by atoms with E-state index in [2.05, 4.69) is 10.6 Å². The number of amides is 4. The van der Waals surface area contributed by atoms with Gasteiger partial charge in [0.25, 0.3) is 0 Å². The molecule has 0 aliphatic carbocycles. The Bertz CT molecular complexity index is 754. The molecule has 0 radical (unpaired) electrons. The Balaban J connectivity index is 2.87. The summed E-state index contributed by atoms with van der Waals surface area (Å²) in [6.07, 6.45) is -0.838. The number of carbonyl (C=O) groups excluding carboxylic acids is 4. The molecule has 0 heterocycles. The molecule has 0 spiro atoms. The highest BCUT2D eigenvalue weighted by Crippen LogP contribution is 2.06. The second kappa shape index (κ2) is 11.4. The maximum atomic E-state index is 12.6. The topological polar surface area (TPSA) is 208 Å². The largest absolute Gasteiger partial charge is 0.480 e. The van der Waals surface area contributed by atoms with Gasteiger partial charge in [0.05, 0.1) is 12.5 Å². The molecule has 3 atom stereocenters. The van der Waals surface area contributed by atoms with Crippen LogP contribution < -0.4 is 27.8 Å². The maximum Gasteiger partial charge on any atom is 0.326 e. The van der Waals surface area contributed by atoms with Gasteiger partial charge in [-0.2, -0.15) is 0 Å². The van der Waals surface area contributed by atoms with Crippen LogP contribution >= 0.6 is 0 Å². The lowest BCUT2D eigenvalue weighted by Gasteiger charge is -2.22. The van der Waals surface area contributed by atoms with Crippen LogP contribution in [0.25, 0.3) is 0 Å². The maximum absolute atomic E-state index is 12.6. The van der Waals surface area contributed by atoms with Crippen LogP contribution in [0.15, 0.2) is 30.3 Å². The first-order chi connectivity index (χ1) is 13.6. The van der Waals surface area contributed by atoms with Crippen molar-refractivity contribution in [2.24, 2.45) is 17.2 Å². The molecule has 0 saturated carbocycles. The van der Waals surface area contributed by atoms with Crippen LogP contribution in [-0.2, 0) is 30.4 Å². The van der Waals surface area contributed by atoms with E-state index in [-0.39, 0.29) is 19.3 Å². The number of carbonyl (C=O) groups is 5. The van der Waals surface area contributed by atoms with Crippen LogP contribution in [0.4, 0.5) is 0 Å². The van der Waals surface area contributed by atoms with Gasteiger partial charge in [-0.15, -0.1) is 0 Å². The van der Waals surface area contributed by atoms with Crippen LogP contribution in [0.3, 0.4) is 0 Å². The van der Waals surface area contributed by atoms with E-state index in [1.807, 2.05) is 0 Å². The molecule has 11 nitrogen and oxygen atoms in total. The Kier molecular flexibility index (Phi) is 9.26. The third kappa shape index (κ3) is 8.84. The van der Waals surface area contributed by atoms with Crippen molar-refractivity contribution in [1.82, 2.24) is 10.6 Å². The molecule has 0 bridgehead atoms. The van der Waals surface area contributed by atoms with Crippen LogP contribution in [-0.4, -0.2) is 52.8 Å². The average molecular weight is 407 g/mol. The van der Waals surface area contributed by atoms with Crippen molar-refractivity contribution in [3.63, 3.8) is 0 Å². The number of primary amides is 2. The van der Waals surface area contributed by atoms with Gasteiger partial charge in [0.15, 0.2) is 0 Å². The lowest BCUT2D eigenvalue weighted by molar-refractivity contribution is -0.142. The summed E-state index contributed by atoms with van der Waals surface area (Å²) in [5, 5.41) is 14.0. The smallest absolute Gasteiger partial charge is 0.326 e. The molecule has 29 heavy (non-hydrogen) atoms. The van der Waals surface area contributed by atoms with E-state index in [0.717, 1.165) is 0 Å². The monoisotopic (exact) mass is 407 g/mol. The molecular formula is C18H25N5O6. The summed E-state index contributed by atoms with van der Waals surface area (Å²) < 4.78 is 0. The van der Waals surface area contributed by atoms with E-state index >= 15 is 0 Å². The Morgan fingerprint density at radius 1 is 0.897 bits per heavy atom. The zero-order chi connectivity index (χ0) is 22.0. The number of rotatable bonds is 12. The molecule has 0 aliphatic rings. The summed E-state index contributed by atoms with van der Waals surface area (Å²) >= 11 is 0. The second-order valence-corrected chi connectivity index (χ2v) is 6.43. The summed E-state index contributed by atoms with van der Waals surface area (Å²) in [4.78, 5) is 58.2. The minimum absolute atomic E-state index is 0.0135. The van der Waals surface area contributed by atoms with Gasteiger partial charge in [-0.1, -0.05) is 30.3 Å². The van der Waals surface area contributed by atoms with Gasteiger partial charge < -0.3 is 32.9 Å². The summed E-state index contributed by atoms with van der Waals surface area (Å²) in [6.45, 7) is 0. The van der Waals surface area contributed by atoms with Crippen molar-refractivity contribution in [2.75, 3.05) is 0 Å². The molecule has 0 aliphatic heterocycles. The van der Waals surface area contributed by atoms with Crippen molar-refractivity contribution in [3.8, 4) is 0 Å². The van der Waals surface area contributed by atoms with Gasteiger partial charge in [-0.05, 0) is 12.0 Å². The molecular weight excluding hydrogens is 382 g/mol. The van der Waals surface area contributed by atoms with Gasteiger partial charge in [0.2, 0.25) is 23.6 Å². The average Bonchev–Trinajstić information content (AvgIpc) is 2.64. The normalized spacial score (nSPS) is 13.6. The highest BCUT2D eigenvalue weighted by molar-refractivity contribution is 5.93. The fourth-order valence-corrected chi connectivity index (χ4v) is 2.47. The molecule has 0 saturated heterocycles. The summed E-state index contributed by atoms with van der Waals surface area (Å²) in [6, 6.07) is 4.80. The standard InChI is InChI=1S/C18H25N5O6/c19-11(9-15(21)25)16(26)22-12(6-7-14(20)24)17(27)23-13(18(28)29)8-10-4-2-1-3-5-10/h1-5,11-13H,6-9,19H2,(H2,20,24)(H2,21,25)(H,22,26)(H,23,27)(H,28,29)/t11-,12-,13-/m0/s1. The predicted molar refractivity (Wildman–Crippen MR) is 102 cm³/mol. The number of aliphatic carboxylic acids is 1. The van der Waals surface area contributed by atoms with Gasteiger partial charge >= 0.3 is 5.97 Å². The number of hydrogen-bond acceptors (Lipinski definition) is 6. The molecule has 1 rings (SSSR count). The lowest BCUT2D eigenvalue weighted by Crippen LogP contribution is -2.55. The van der Waals surface area contributed by atoms with Gasteiger partial charge in [0.1, 0.15) is 12.1 Å². The van der Waals surface area contributed by atoms with E-state index < -0.39 is 54.1 Å². The Labute approximate surface area is 167 Å². The third-order valence-electron chi connectivity index (χ3n) is 3.97. The zero-order valence-electron chi connectivity index (χ0n) is 15.7. The van der Waals surface area contributed by atoms with E-state index in [9.17, 15) is 29.1 Å².